The van der Waals surface area contributed by atoms with Crippen LogP contribution >= 0.6 is 0 Å². The monoisotopic (exact) mass is 690 g/mol. The average Bonchev–Trinajstić information content (AvgIpc) is 3.12. The standard InChI is InChI=1S/C50H47BO2/c1-48(2,3)32-20-18-30(19-21-32)45-35-14-10-12-16-37(35)46(38-17-13-11-15-36(38)45)31-26-43-47-44(27-31)53-42-25-23-34(50(7,8)9)29-40(42)51(47)39-28-33(49(4,5)6)22-24-41(39)52-43/h10-29H,1-9H3. The third-order valence-corrected chi connectivity index (χ3v) is 11.5. The minimum absolute atomic E-state index is 0.00177. The van der Waals surface area contributed by atoms with E-state index in [0.29, 0.717) is 0 Å². The zero-order chi connectivity index (χ0) is 37.0. The number of hydrogen-bond donors (Lipinski definition) is 0. The molecule has 9 rings (SSSR count). The van der Waals surface area contributed by atoms with E-state index in [1.807, 2.05) is 0 Å². The Hall–Kier alpha value is -5.28. The van der Waals surface area contributed by atoms with Crippen LogP contribution in [-0.2, 0) is 16.2 Å². The second kappa shape index (κ2) is 11.6. The lowest BCUT2D eigenvalue weighted by Gasteiger charge is -2.35. The molecule has 0 N–H and O–H groups in total. The normalized spacial score (nSPS) is 13.6. The maximum atomic E-state index is 6.94. The summed E-state index contributed by atoms with van der Waals surface area (Å²) < 4.78 is 13.9. The molecule has 0 spiro atoms. The lowest BCUT2D eigenvalue weighted by Crippen LogP contribution is -2.57. The molecule has 0 amide bonds. The number of ether oxygens (including phenoxy) is 2. The molecule has 0 aromatic heterocycles. The molecule has 0 aliphatic carbocycles. The molecule has 0 bridgehead atoms. The van der Waals surface area contributed by atoms with Crippen LogP contribution in [0.2, 0.25) is 0 Å². The summed E-state index contributed by atoms with van der Waals surface area (Å²) in [6.45, 7) is 20.5. The molecule has 0 fully saturated rings. The molecule has 7 aromatic carbocycles. The van der Waals surface area contributed by atoms with E-state index in [2.05, 4.69) is 184 Å². The summed E-state index contributed by atoms with van der Waals surface area (Å²) in [5.74, 6) is 3.55. The van der Waals surface area contributed by atoms with Crippen molar-refractivity contribution in [1.29, 1.82) is 0 Å². The minimum atomic E-state index is -0.00177. The molecule has 0 saturated heterocycles. The highest BCUT2D eigenvalue weighted by Crippen LogP contribution is 2.47. The molecule has 3 heteroatoms. The maximum Gasteiger partial charge on any atom is 0.260 e. The van der Waals surface area contributed by atoms with E-state index in [9.17, 15) is 0 Å². The van der Waals surface area contributed by atoms with Crippen LogP contribution in [0.25, 0.3) is 43.8 Å². The summed E-state index contributed by atoms with van der Waals surface area (Å²) in [7, 11) is 0. The highest BCUT2D eigenvalue weighted by Gasteiger charge is 2.41. The van der Waals surface area contributed by atoms with E-state index in [1.165, 1.54) is 65.9 Å². The minimum Gasteiger partial charge on any atom is -0.458 e. The Morgan fingerprint density at radius 1 is 0.377 bits per heavy atom. The fraction of sp³-hybridized carbons (Fsp3) is 0.240. The molecule has 53 heavy (non-hydrogen) atoms. The van der Waals surface area contributed by atoms with Crippen molar-refractivity contribution in [2.24, 2.45) is 0 Å². The molecule has 2 aliphatic heterocycles. The molecular formula is C50H47BO2. The van der Waals surface area contributed by atoms with Crippen LogP contribution in [0, 0.1) is 0 Å². The molecule has 7 aromatic rings. The van der Waals surface area contributed by atoms with Gasteiger partial charge in [0, 0.05) is 5.46 Å². The Labute approximate surface area is 314 Å². The van der Waals surface area contributed by atoms with Crippen LogP contribution < -0.4 is 25.9 Å². The van der Waals surface area contributed by atoms with Crippen molar-refractivity contribution >= 4 is 44.6 Å². The van der Waals surface area contributed by atoms with Gasteiger partial charge in [0.2, 0.25) is 0 Å². The number of fused-ring (bicyclic) bond motifs is 6. The van der Waals surface area contributed by atoms with Crippen LogP contribution in [0.3, 0.4) is 0 Å². The van der Waals surface area contributed by atoms with Crippen LogP contribution in [0.5, 0.6) is 23.0 Å². The lowest BCUT2D eigenvalue weighted by molar-refractivity contribution is 0.464. The third kappa shape index (κ3) is 5.47. The van der Waals surface area contributed by atoms with Gasteiger partial charge in [-0.2, -0.15) is 0 Å². The molecule has 2 heterocycles. The first-order valence-electron chi connectivity index (χ1n) is 19.0. The second-order valence-electron chi connectivity index (χ2n) is 18.2. The topological polar surface area (TPSA) is 18.5 Å². The van der Waals surface area contributed by atoms with E-state index >= 15 is 0 Å². The van der Waals surface area contributed by atoms with Gasteiger partial charge >= 0.3 is 0 Å². The Balaban J connectivity index is 1.29. The Bertz CT molecular complexity index is 2460. The van der Waals surface area contributed by atoms with Gasteiger partial charge in [0.1, 0.15) is 23.0 Å². The van der Waals surface area contributed by atoms with Gasteiger partial charge in [0.05, 0.1) is 0 Å². The number of rotatable bonds is 2. The van der Waals surface area contributed by atoms with Crippen molar-refractivity contribution in [3.63, 3.8) is 0 Å². The van der Waals surface area contributed by atoms with Crippen LogP contribution in [0.1, 0.15) is 79.0 Å². The number of benzene rings is 7. The van der Waals surface area contributed by atoms with Gasteiger partial charge in [-0.3, -0.25) is 0 Å². The molecule has 0 atom stereocenters. The molecule has 0 unspecified atom stereocenters. The van der Waals surface area contributed by atoms with Gasteiger partial charge in [-0.1, -0.05) is 159 Å². The van der Waals surface area contributed by atoms with Crippen LogP contribution in [0.4, 0.5) is 0 Å². The van der Waals surface area contributed by atoms with E-state index in [-0.39, 0.29) is 23.0 Å². The second-order valence-corrected chi connectivity index (χ2v) is 18.2. The fourth-order valence-corrected chi connectivity index (χ4v) is 8.47. The summed E-state index contributed by atoms with van der Waals surface area (Å²) >= 11 is 0. The van der Waals surface area contributed by atoms with Gasteiger partial charge in [0.15, 0.2) is 0 Å². The number of hydrogen-bond acceptors (Lipinski definition) is 2. The van der Waals surface area contributed by atoms with Gasteiger partial charge in [-0.15, -0.1) is 0 Å². The first-order chi connectivity index (χ1) is 25.2. The SMILES string of the molecule is CC(C)(C)c1ccc(-c2c3ccccc3c(-c3cc4c5c(c3)Oc3ccc(C(C)(C)C)cc3B5c3cc(C(C)(C)C)ccc3O4)c3ccccc23)cc1. The summed E-state index contributed by atoms with van der Waals surface area (Å²) in [4.78, 5) is 0. The first-order valence-corrected chi connectivity index (χ1v) is 19.0. The van der Waals surface area contributed by atoms with E-state index in [4.69, 9.17) is 9.47 Å². The summed E-state index contributed by atoms with van der Waals surface area (Å²) in [6, 6.07) is 45.0. The van der Waals surface area contributed by atoms with E-state index in [1.54, 1.807) is 0 Å². The molecular weight excluding hydrogens is 643 g/mol. The largest absolute Gasteiger partial charge is 0.458 e. The van der Waals surface area contributed by atoms with Crippen LogP contribution in [0.15, 0.2) is 121 Å². The highest BCUT2D eigenvalue weighted by molar-refractivity contribution is 6.98. The molecule has 2 nitrogen and oxygen atoms in total. The van der Waals surface area contributed by atoms with E-state index < -0.39 is 0 Å². The van der Waals surface area contributed by atoms with Gasteiger partial charge in [-0.25, -0.2) is 0 Å². The zero-order valence-electron chi connectivity index (χ0n) is 32.4. The summed E-state index contributed by atoms with van der Waals surface area (Å²) in [6.07, 6.45) is 0. The Morgan fingerprint density at radius 2 is 0.755 bits per heavy atom. The molecule has 2 aliphatic rings. The van der Waals surface area contributed by atoms with Crippen molar-refractivity contribution in [2.45, 2.75) is 78.6 Å². The molecule has 0 radical (unpaired) electrons. The summed E-state index contributed by atoms with van der Waals surface area (Å²) in [5, 5.41) is 4.88. The molecule has 0 saturated carbocycles. The smallest absolute Gasteiger partial charge is 0.260 e. The third-order valence-electron chi connectivity index (χ3n) is 11.5. The predicted octanol–water partition coefficient (Wildman–Crippen LogP) is 11.9. The lowest BCUT2D eigenvalue weighted by atomic mass is 9.34. The van der Waals surface area contributed by atoms with Crippen molar-refractivity contribution in [3.8, 4) is 45.3 Å². The predicted molar refractivity (Wildman–Crippen MR) is 226 cm³/mol. The maximum absolute atomic E-state index is 6.94. The molecule has 262 valence electrons. The van der Waals surface area contributed by atoms with Gasteiger partial charge in [-0.05, 0) is 112 Å². The Kier molecular flexibility index (Phi) is 7.35. The fourth-order valence-electron chi connectivity index (χ4n) is 8.47. The van der Waals surface area contributed by atoms with Crippen molar-refractivity contribution < 1.29 is 9.47 Å². The quantitative estimate of drug-likeness (QED) is 0.133. The average molecular weight is 691 g/mol. The van der Waals surface area contributed by atoms with Crippen LogP contribution in [-0.4, -0.2) is 6.71 Å². The van der Waals surface area contributed by atoms with Crippen molar-refractivity contribution in [1.82, 2.24) is 0 Å². The van der Waals surface area contributed by atoms with E-state index in [0.717, 1.165) is 34.0 Å². The Morgan fingerprint density at radius 3 is 1.15 bits per heavy atom. The van der Waals surface area contributed by atoms with Crippen molar-refractivity contribution in [2.75, 3.05) is 0 Å². The first kappa shape index (κ1) is 33.6. The van der Waals surface area contributed by atoms with Crippen molar-refractivity contribution in [3.05, 3.63) is 138 Å². The highest BCUT2D eigenvalue weighted by atomic mass is 16.5. The zero-order valence-corrected chi connectivity index (χ0v) is 32.4. The summed E-state index contributed by atoms with van der Waals surface area (Å²) in [5.41, 5.74) is 12.3. The van der Waals surface area contributed by atoms with Gasteiger partial charge in [0.25, 0.3) is 6.71 Å². The van der Waals surface area contributed by atoms with Gasteiger partial charge < -0.3 is 9.47 Å².